The number of carboxylic acid groups (broad SMARTS) is 1. The zero-order valence-electron chi connectivity index (χ0n) is 12.5. The third-order valence-electron chi connectivity index (χ3n) is 3.69. The summed E-state index contributed by atoms with van der Waals surface area (Å²) < 4.78 is 0. The van der Waals surface area contributed by atoms with Gasteiger partial charge in [0.05, 0.1) is 6.20 Å². The lowest BCUT2D eigenvalue weighted by Gasteiger charge is -2.03. The minimum absolute atomic E-state index is 0.143. The molecule has 0 bridgehead atoms. The van der Waals surface area contributed by atoms with E-state index >= 15 is 0 Å². The van der Waals surface area contributed by atoms with Crippen molar-refractivity contribution in [1.29, 1.82) is 0 Å². The molecule has 6 nitrogen and oxygen atoms in total. The molecule has 0 aliphatic heterocycles. The Morgan fingerprint density at radius 3 is 2.25 bits per heavy atom. The van der Waals surface area contributed by atoms with E-state index in [4.69, 9.17) is 5.11 Å². The first kappa shape index (κ1) is 14.1. The van der Waals surface area contributed by atoms with E-state index in [1.807, 2.05) is 42.5 Å². The number of carboxylic acids is 1. The van der Waals surface area contributed by atoms with Gasteiger partial charge in [-0.25, -0.2) is 19.7 Å². The number of H-pyrrole nitrogens is 1. The zero-order chi connectivity index (χ0) is 16.5. The number of imidazole rings is 1. The van der Waals surface area contributed by atoms with Crippen LogP contribution >= 0.6 is 0 Å². The van der Waals surface area contributed by atoms with Gasteiger partial charge in [0.15, 0.2) is 11.5 Å². The summed E-state index contributed by atoms with van der Waals surface area (Å²) in [5.74, 6) is -0.761. The maximum atomic E-state index is 11.0. The second-order valence-electron chi connectivity index (χ2n) is 5.26. The van der Waals surface area contributed by atoms with Crippen molar-refractivity contribution in [2.24, 2.45) is 0 Å². The number of fused-ring (bicyclic) bond motifs is 1. The predicted octanol–water partition coefficient (Wildman–Crippen LogP) is 3.39. The van der Waals surface area contributed by atoms with Gasteiger partial charge in [0.25, 0.3) is 0 Å². The average molecular weight is 316 g/mol. The van der Waals surface area contributed by atoms with Gasteiger partial charge >= 0.3 is 5.97 Å². The summed E-state index contributed by atoms with van der Waals surface area (Å²) in [6.45, 7) is 0. The van der Waals surface area contributed by atoms with Crippen LogP contribution in [0.2, 0.25) is 0 Å². The zero-order valence-corrected chi connectivity index (χ0v) is 12.5. The summed E-state index contributed by atoms with van der Waals surface area (Å²) in [5, 5.41) is 8.97. The summed E-state index contributed by atoms with van der Waals surface area (Å²) in [5.41, 5.74) is 3.92. The number of aromatic amines is 1. The summed E-state index contributed by atoms with van der Waals surface area (Å²) >= 11 is 0. The molecule has 24 heavy (non-hydrogen) atoms. The van der Waals surface area contributed by atoms with Crippen molar-refractivity contribution in [3.63, 3.8) is 0 Å². The predicted molar refractivity (Wildman–Crippen MR) is 89.5 cm³/mol. The summed E-state index contributed by atoms with van der Waals surface area (Å²) in [6.07, 6.45) is 1.54. The molecule has 0 unspecified atom stereocenters. The van der Waals surface area contributed by atoms with Crippen LogP contribution in [-0.2, 0) is 0 Å². The molecular formula is C18H12N4O2. The van der Waals surface area contributed by atoms with Gasteiger partial charge in [0.2, 0.25) is 5.82 Å². The van der Waals surface area contributed by atoms with Gasteiger partial charge in [-0.15, -0.1) is 0 Å². The van der Waals surface area contributed by atoms with Crippen molar-refractivity contribution in [2.45, 2.75) is 0 Å². The molecule has 0 aliphatic carbocycles. The minimum Gasteiger partial charge on any atom is -0.475 e. The first-order chi connectivity index (χ1) is 11.7. The molecule has 0 fully saturated rings. The van der Waals surface area contributed by atoms with Crippen LogP contribution in [0.1, 0.15) is 10.6 Å². The third kappa shape index (κ3) is 2.50. The molecule has 2 N–H and O–H groups in total. The lowest BCUT2D eigenvalue weighted by molar-refractivity contribution is 0.0685. The summed E-state index contributed by atoms with van der Waals surface area (Å²) in [6, 6.07) is 18.0. The standard InChI is InChI=1S/C18H12N4O2/c23-18(24)17-20-14-10-19-15(21-16(14)22-17)13-8-6-12(7-9-13)11-4-2-1-3-5-11/h1-10H,(H,23,24)(H,19,20,21,22). The Kier molecular flexibility index (Phi) is 3.28. The second kappa shape index (κ2) is 5.58. The van der Waals surface area contributed by atoms with Gasteiger partial charge in [0, 0.05) is 5.56 Å². The Hall–Kier alpha value is -3.54. The van der Waals surface area contributed by atoms with Crippen molar-refractivity contribution in [3.05, 3.63) is 66.6 Å². The first-order valence-electron chi connectivity index (χ1n) is 7.32. The SMILES string of the molecule is O=C(O)c1nc2nc(-c3ccc(-c4ccccc4)cc3)ncc2[nH]1. The van der Waals surface area contributed by atoms with Crippen molar-refractivity contribution >= 4 is 17.1 Å². The molecule has 0 saturated heterocycles. The fraction of sp³-hybridized carbons (Fsp3) is 0. The van der Waals surface area contributed by atoms with Crippen LogP contribution in [0.25, 0.3) is 33.7 Å². The van der Waals surface area contributed by atoms with Gasteiger partial charge < -0.3 is 10.1 Å². The quantitative estimate of drug-likeness (QED) is 0.604. The highest BCUT2D eigenvalue weighted by Gasteiger charge is 2.12. The molecule has 2 aromatic carbocycles. The Balaban J connectivity index is 1.70. The molecule has 0 saturated carbocycles. The van der Waals surface area contributed by atoms with Crippen molar-refractivity contribution < 1.29 is 9.90 Å². The molecule has 2 aromatic heterocycles. The van der Waals surface area contributed by atoms with Crippen LogP contribution in [0.5, 0.6) is 0 Å². The maximum absolute atomic E-state index is 11.0. The number of aromatic nitrogens is 4. The van der Waals surface area contributed by atoms with Crippen molar-refractivity contribution in [3.8, 4) is 22.5 Å². The molecule has 0 spiro atoms. The molecule has 6 heteroatoms. The Bertz CT molecular complexity index is 1020. The van der Waals surface area contributed by atoms with Crippen LogP contribution in [0.4, 0.5) is 0 Å². The van der Waals surface area contributed by atoms with Gasteiger partial charge in [-0.2, -0.15) is 0 Å². The lowest BCUT2D eigenvalue weighted by Crippen LogP contribution is -1.97. The third-order valence-corrected chi connectivity index (χ3v) is 3.69. The average Bonchev–Trinajstić information content (AvgIpc) is 3.06. The molecule has 0 radical (unpaired) electrons. The van der Waals surface area contributed by atoms with Gasteiger partial charge in [-0.1, -0.05) is 54.6 Å². The van der Waals surface area contributed by atoms with E-state index in [9.17, 15) is 4.79 Å². The topological polar surface area (TPSA) is 91.8 Å². The molecular weight excluding hydrogens is 304 g/mol. The molecule has 0 amide bonds. The highest BCUT2D eigenvalue weighted by atomic mass is 16.4. The number of carbonyl (C=O) groups is 1. The van der Waals surface area contributed by atoms with Gasteiger partial charge in [0.1, 0.15) is 5.52 Å². The van der Waals surface area contributed by atoms with E-state index in [1.54, 1.807) is 6.20 Å². The molecule has 0 aliphatic rings. The van der Waals surface area contributed by atoms with E-state index in [0.29, 0.717) is 17.0 Å². The second-order valence-corrected chi connectivity index (χ2v) is 5.26. The molecule has 0 atom stereocenters. The van der Waals surface area contributed by atoms with Gasteiger partial charge in [-0.05, 0) is 11.1 Å². The van der Waals surface area contributed by atoms with Crippen molar-refractivity contribution in [2.75, 3.05) is 0 Å². The maximum Gasteiger partial charge on any atom is 0.371 e. The van der Waals surface area contributed by atoms with Crippen LogP contribution < -0.4 is 0 Å². The fourth-order valence-electron chi connectivity index (χ4n) is 2.49. The van der Waals surface area contributed by atoms with Gasteiger partial charge in [-0.3, -0.25) is 0 Å². The highest BCUT2D eigenvalue weighted by Crippen LogP contribution is 2.23. The van der Waals surface area contributed by atoms with E-state index in [-0.39, 0.29) is 5.82 Å². The lowest BCUT2D eigenvalue weighted by atomic mass is 10.0. The highest BCUT2D eigenvalue weighted by molar-refractivity contribution is 5.88. The van der Waals surface area contributed by atoms with E-state index in [1.165, 1.54) is 0 Å². The molecule has 4 aromatic rings. The number of nitrogens with one attached hydrogen (secondary N) is 1. The number of benzene rings is 2. The van der Waals surface area contributed by atoms with Crippen LogP contribution in [0, 0.1) is 0 Å². The normalized spacial score (nSPS) is 10.8. The van der Waals surface area contributed by atoms with Crippen LogP contribution in [0.3, 0.4) is 0 Å². The fourth-order valence-corrected chi connectivity index (χ4v) is 2.49. The van der Waals surface area contributed by atoms with Crippen LogP contribution in [0.15, 0.2) is 60.8 Å². The Labute approximate surface area is 136 Å². The van der Waals surface area contributed by atoms with E-state index in [2.05, 4.69) is 32.1 Å². The summed E-state index contributed by atoms with van der Waals surface area (Å²) in [7, 11) is 0. The molecule has 116 valence electrons. The largest absolute Gasteiger partial charge is 0.475 e. The van der Waals surface area contributed by atoms with E-state index < -0.39 is 5.97 Å². The smallest absolute Gasteiger partial charge is 0.371 e. The molecule has 2 heterocycles. The van der Waals surface area contributed by atoms with Crippen molar-refractivity contribution in [1.82, 2.24) is 19.9 Å². The Morgan fingerprint density at radius 1 is 0.875 bits per heavy atom. The number of nitrogens with zero attached hydrogens (tertiary/aromatic N) is 3. The van der Waals surface area contributed by atoms with E-state index in [0.717, 1.165) is 16.7 Å². The number of hydrogen-bond acceptors (Lipinski definition) is 4. The molecule has 4 rings (SSSR count). The number of rotatable bonds is 3. The Morgan fingerprint density at radius 2 is 1.54 bits per heavy atom. The van der Waals surface area contributed by atoms with Crippen LogP contribution in [-0.4, -0.2) is 31.0 Å². The number of aromatic carboxylic acids is 1. The minimum atomic E-state index is -1.12. The first-order valence-corrected chi connectivity index (χ1v) is 7.32. The monoisotopic (exact) mass is 316 g/mol. The summed E-state index contributed by atoms with van der Waals surface area (Å²) in [4.78, 5) is 26.2. The number of hydrogen-bond donors (Lipinski definition) is 2.